The minimum atomic E-state index is 0.0814. The number of allylic oxidation sites excluding steroid dienone is 1. The monoisotopic (exact) mass is 432 g/mol. The van der Waals surface area contributed by atoms with Gasteiger partial charge in [-0.25, -0.2) is 9.97 Å². The highest BCUT2D eigenvalue weighted by atomic mass is 32.1. The molecule has 1 aromatic carbocycles. The number of benzene rings is 1. The molecule has 4 nitrogen and oxygen atoms in total. The Kier molecular flexibility index (Phi) is 5.75. The molecule has 1 aliphatic rings. The minimum absolute atomic E-state index is 0.0814. The van der Waals surface area contributed by atoms with Crippen LogP contribution in [0.25, 0.3) is 26.6 Å². The summed E-state index contributed by atoms with van der Waals surface area (Å²) in [5.41, 5.74) is 4.58. The van der Waals surface area contributed by atoms with Gasteiger partial charge in [-0.1, -0.05) is 30.4 Å². The zero-order valence-electron chi connectivity index (χ0n) is 19.1. The molecule has 0 unspecified atom stereocenters. The lowest BCUT2D eigenvalue weighted by atomic mass is 9.80. The van der Waals surface area contributed by atoms with Crippen molar-refractivity contribution in [2.75, 3.05) is 5.32 Å². The number of anilines is 1. The van der Waals surface area contributed by atoms with Gasteiger partial charge in [-0.2, -0.15) is 0 Å². The van der Waals surface area contributed by atoms with Crippen LogP contribution in [0.4, 0.5) is 5.95 Å². The molecule has 3 heterocycles. The number of rotatable bonds is 5. The van der Waals surface area contributed by atoms with Gasteiger partial charge in [0.15, 0.2) is 0 Å². The maximum Gasteiger partial charge on any atom is 0.223 e. The van der Waals surface area contributed by atoms with E-state index in [2.05, 4.69) is 86.3 Å². The van der Waals surface area contributed by atoms with Crippen molar-refractivity contribution in [1.82, 2.24) is 15.3 Å². The smallest absolute Gasteiger partial charge is 0.223 e. The van der Waals surface area contributed by atoms with E-state index >= 15 is 0 Å². The normalized spacial score (nSPS) is 18.0. The molecule has 0 atom stereocenters. The van der Waals surface area contributed by atoms with Crippen LogP contribution in [0.1, 0.15) is 53.0 Å². The Morgan fingerprint density at radius 2 is 1.77 bits per heavy atom. The van der Waals surface area contributed by atoms with E-state index in [9.17, 15) is 0 Å². The zero-order valence-corrected chi connectivity index (χ0v) is 19.9. The number of nitrogens with one attached hydrogen (secondary N) is 2. The Bertz CT molecular complexity index is 1080. The van der Waals surface area contributed by atoms with Crippen molar-refractivity contribution in [2.24, 2.45) is 0 Å². The number of hydrogen-bond acceptors (Lipinski definition) is 5. The molecule has 0 radical (unpaired) electrons. The Hall–Kier alpha value is -2.50. The lowest BCUT2D eigenvalue weighted by Crippen LogP contribution is -2.60. The van der Waals surface area contributed by atoms with Gasteiger partial charge in [0.25, 0.3) is 0 Å². The molecule has 1 saturated heterocycles. The summed E-state index contributed by atoms with van der Waals surface area (Å²) in [6.45, 7) is 15.1. The zero-order chi connectivity index (χ0) is 22.2. The summed E-state index contributed by atoms with van der Waals surface area (Å²) in [6, 6.07) is 15.2. The minimum Gasteiger partial charge on any atom is -0.351 e. The van der Waals surface area contributed by atoms with E-state index in [0.717, 1.165) is 29.0 Å². The van der Waals surface area contributed by atoms with Crippen LogP contribution in [0.2, 0.25) is 0 Å². The second kappa shape index (κ2) is 8.21. The number of thiophene rings is 1. The summed E-state index contributed by atoms with van der Waals surface area (Å²) in [5, 5.41) is 7.32. The predicted molar refractivity (Wildman–Crippen MR) is 133 cm³/mol. The van der Waals surface area contributed by atoms with Gasteiger partial charge in [-0.05, 0) is 82.9 Å². The Morgan fingerprint density at radius 3 is 2.48 bits per heavy atom. The van der Waals surface area contributed by atoms with Crippen LogP contribution in [0, 0.1) is 0 Å². The lowest BCUT2D eigenvalue weighted by Gasteiger charge is -2.46. The fraction of sp³-hybridized carbons (Fsp3) is 0.385. The molecular weight excluding hydrogens is 400 g/mol. The largest absolute Gasteiger partial charge is 0.351 e. The molecule has 31 heavy (non-hydrogen) atoms. The average molecular weight is 433 g/mol. The maximum atomic E-state index is 4.84. The molecule has 3 aromatic rings. The lowest BCUT2D eigenvalue weighted by molar-refractivity contribution is 0.170. The number of hydrogen-bond donors (Lipinski definition) is 2. The Morgan fingerprint density at radius 1 is 1.06 bits per heavy atom. The van der Waals surface area contributed by atoms with E-state index in [1.165, 1.54) is 16.0 Å². The van der Waals surface area contributed by atoms with Gasteiger partial charge in [-0.3, -0.25) is 0 Å². The van der Waals surface area contributed by atoms with E-state index in [1.807, 2.05) is 19.2 Å². The molecule has 0 bridgehead atoms. The van der Waals surface area contributed by atoms with Crippen molar-refractivity contribution in [3.63, 3.8) is 0 Å². The van der Waals surface area contributed by atoms with Gasteiger partial charge < -0.3 is 10.6 Å². The predicted octanol–water partition coefficient (Wildman–Crippen LogP) is 6.63. The summed E-state index contributed by atoms with van der Waals surface area (Å²) in [7, 11) is 0. The van der Waals surface area contributed by atoms with Gasteiger partial charge in [-0.15, -0.1) is 11.3 Å². The third kappa shape index (κ3) is 5.23. The molecule has 0 spiro atoms. The summed E-state index contributed by atoms with van der Waals surface area (Å²) in [4.78, 5) is 11.7. The third-order valence-electron chi connectivity index (χ3n) is 5.68. The average Bonchev–Trinajstić information content (AvgIpc) is 3.16. The summed E-state index contributed by atoms with van der Waals surface area (Å²) >= 11 is 1.76. The van der Waals surface area contributed by atoms with Gasteiger partial charge in [0.2, 0.25) is 5.95 Å². The van der Waals surface area contributed by atoms with E-state index in [4.69, 9.17) is 4.98 Å². The van der Waals surface area contributed by atoms with Crippen molar-refractivity contribution in [1.29, 1.82) is 0 Å². The molecule has 4 rings (SSSR count). The highest BCUT2D eigenvalue weighted by Gasteiger charge is 2.37. The van der Waals surface area contributed by atoms with Crippen molar-refractivity contribution in [3.8, 4) is 21.0 Å². The van der Waals surface area contributed by atoms with Crippen molar-refractivity contribution >= 4 is 22.9 Å². The molecule has 1 aliphatic heterocycles. The SMILES string of the molecule is C=C(C)c1cccc(-c2ccc(-c3ccnc(NC4CC(C)(C)NC(C)(C)C4)n3)s2)c1. The van der Waals surface area contributed by atoms with Crippen LogP contribution in [0.5, 0.6) is 0 Å². The van der Waals surface area contributed by atoms with Crippen LogP contribution < -0.4 is 10.6 Å². The van der Waals surface area contributed by atoms with E-state index < -0.39 is 0 Å². The molecular formula is C26H32N4S. The fourth-order valence-electron chi connectivity index (χ4n) is 4.74. The second-order valence-electron chi connectivity index (χ2n) is 9.93. The first kappa shape index (κ1) is 21.7. The number of nitrogens with zero attached hydrogens (tertiary/aromatic N) is 2. The molecule has 0 amide bonds. The van der Waals surface area contributed by atoms with Crippen molar-refractivity contribution < 1.29 is 0 Å². The molecule has 0 aliphatic carbocycles. The van der Waals surface area contributed by atoms with Gasteiger partial charge in [0.1, 0.15) is 0 Å². The summed E-state index contributed by atoms with van der Waals surface area (Å²) in [5.74, 6) is 0.704. The van der Waals surface area contributed by atoms with Gasteiger partial charge in [0.05, 0.1) is 10.6 Å². The number of piperidine rings is 1. The first-order valence-corrected chi connectivity index (χ1v) is 11.7. The van der Waals surface area contributed by atoms with Gasteiger partial charge >= 0.3 is 0 Å². The summed E-state index contributed by atoms with van der Waals surface area (Å²) in [6.07, 6.45) is 3.92. The van der Waals surface area contributed by atoms with Crippen LogP contribution >= 0.6 is 11.3 Å². The molecule has 2 aromatic heterocycles. The third-order valence-corrected chi connectivity index (χ3v) is 6.83. The Labute approximate surface area is 189 Å². The maximum absolute atomic E-state index is 4.84. The first-order chi connectivity index (χ1) is 14.6. The van der Waals surface area contributed by atoms with Crippen molar-refractivity contribution in [3.05, 3.63) is 60.8 Å². The van der Waals surface area contributed by atoms with Crippen LogP contribution in [-0.4, -0.2) is 27.1 Å². The first-order valence-electron chi connectivity index (χ1n) is 10.9. The molecule has 0 saturated carbocycles. The quantitative estimate of drug-likeness (QED) is 0.475. The van der Waals surface area contributed by atoms with Crippen LogP contribution in [0.15, 0.2) is 55.2 Å². The van der Waals surface area contributed by atoms with Crippen molar-refractivity contribution in [2.45, 2.75) is 64.6 Å². The van der Waals surface area contributed by atoms with E-state index in [1.54, 1.807) is 11.3 Å². The topological polar surface area (TPSA) is 49.8 Å². The van der Waals surface area contributed by atoms with E-state index in [-0.39, 0.29) is 11.1 Å². The highest BCUT2D eigenvalue weighted by Crippen LogP contribution is 2.35. The van der Waals surface area contributed by atoms with Crippen LogP contribution in [-0.2, 0) is 0 Å². The Balaban J connectivity index is 1.54. The second-order valence-corrected chi connectivity index (χ2v) is 11.0. The molecule has 5 heteroatoms. The van der Waals surface area contributed by atoms with Gasteiger partial charge in [0, 0.05) is 28.2 Å². The van der Waals surface area contributed by atoms with E-state index in [0.29, 0.717) is 12.0 Å². The highest BCUT2D eigenvalue weighted by molar-refractivity contribution is 7.18. The number of aromatic nitrogens is 2. The molecule has 162 valence electrons. The molecule has 2 N–H and O–H groups in total. The molecule has 1 fully saturated rings. The summed E-state index contributed by atoms with van der Waals surface area (Å²) < 4.78 is 0. The standard InChI is InChI=1S/C26H32N4S/c1-17(2)18-8-7-9-19(14-18)22-10-11-23(31-22)21-12-13-27-24(29-21)28-20-15-25(3,4)30-26(5,6)16-20/h7-14,20,30H,1,15-16H2,2-6H3,(H,27,28,29). The fourth-order valence-corrected chi connectivity index (χ4v) is 5.71. The van der Waals surface area contributed by atoms with Crippen LogP contribution in [0.3, 0.4) is 0 Å².